The van der Waals surface area contributed by atoms with Crippen molar-refractivity contribution in [3.8, 4) is 0 Å². The van der Waals surface area contributed by atoms with E-state index in [9.17, 15) is 9.59 Å². The zero-order chi connectivity index (χ0) is 8.36. The maximum Gasteiger partial charge on any atom is 0.249 e. The van der Waals surface area contributed by atoms with E-state index in [0.29, 0.717) is 0 Å². The molecule has 2 amide bonds. The summed E-state index contributed by atoms with van der Waals surface area (Å²) in [6.45, 7) is 1.26. The summed E-state index contributed by atoms with van der Waals surface area (Å²) >= 11 is 0. The Hall–Kier alpha value is -1.10. The number of carbonyl (C=O) groups excluding carboxylic acids is 2. The molecule has 0 radical (unpaired) electrons. The maximum absolute atomic E-state index is 10.7. The molecule has 10 heavy (non-hydrogen) atoms. The molecule has 0 aliphatic heterocycles. The van der Waals surface area contributed by atoms with Gasteiger partial charge in [0.05, 0.1) is 0 Å². The van der Waals surface area contributed by atoms with Crippen LogP contribution in [0, 0.1) is 0 Å². The highest BCUT2D eigenvalue weighted by atomic mass is 16.2. The number of carbonyl (C=O) groups is 2. The van der Waals surface area contributed by atoms with Crippen LogP contribution >= 0.6 is 0 Å². The zero-order valence-corrected chi connectivity index (χ0v) is 5.97. The van der Waals surface area contributed by atoms with E-state index < -0.39 is 17.4 Å². The molecule has 0 heterocycles. The molecule has 58 valence electrons. The number of nitrogens with two attached hydrogens (primary N) is 2. The molecule has 0 rings (SSSR count). The molecule has 0 aliphatic rings. The molecule has 0 aromatic rings. The smallest absolute Gasteiger partial charge is 0.249 e. The van der Waals surface area contributed by atoms with E-state index in [0.717, 1.165) is 0 Å². The Balaban J connectivity index is 4.40. The number of hydrogen-bond acceptors (Lipinski definition) is 3. The minimum atomic E-state index is -1.60. The largest absolute Gasteiger partial charge is 0.368 e. The van der Waals surface area contributed by atoms with Crippen molar-refractivity contribution in [2.24, 2.45) is 11.5 Å². The van der Waals surface area contributed by atoms with Gasteiger partial charge in [0.2, 0.25) is 11.8 Å². The Bertz CT molecular complexity index is 164. The molecule has 5 heteroatoms. The average molecular weight is 145 g/mol. The lowest BCUT2D eigenvalue weighted by molar-refractivity contribution is -0.134. The van der Waals surface area contributed by atoms with Crippen LogP contribution in [0.4, 0.5) is 0 Å². The average Bonchev–Trinajstić information content (AvgIpc) is 1.86. The quantitative estimate of drug-likeness (QED) is 0.389. The van der Waals surface area contributed by atoms with Crippen LogP contribution in [-0.2, 0) is 9.59 Å². The van der Waals surface area contributed by atoms with E-state index in [2.05, 4.69) is 5.32 Å². The summed E-state index contributed by atoms with van der Waals surface area (Å²) in [6.07, 6.45) is 0. The van der Waals surface area contributed by atoms with Crippen molar-refractivity contribution >= 4 is 11.8 Å². The van der Waals surface area contributed by atoms with Gasteiger partial charge in [0.25, 0.3) is 0 Å². The molecule has 0 bridgehead atoms. The first-order chi connectivity index (χ1) is 4.42. The highest BCUT2D eigenvalue weighted by molar-refractivity contribution is 6.08. The molecule has 0 saturated carbocycles. The van der Waals surface area contributed by atoms with E-state index in [1.165, 1.54) is 14.0 Å². The molecule has 0 saturated heterocycles. The second kappa shape index (κ2) is 2.66. The van der Waals surface area contributed by atoms with Gasteiger partial charge in [-0.3, -0.25) is 9.59 Å². The van der Waals surface area contributed by atoms with Crippen LogP contribution in [0.5, 0.6) is 0 Å². The van der Waals surface area contributed by atoms with E-state index in [1.54, 1.807) is 0 Å². The van der Waals surface area contributed by atoms with E-state index in [-0.39, 0.29) is 0 Å². The van der Waals surface area contributed by atoms with Crippen LogP contribution in [0.3, 0.4) is 0 Å². The van der Waals surface area contributed by atoms with Crippen molar-refractivity contribution in [3.63, 3.8) is 0 Å². The first-order valence-electron chi connectivity index (χ1n) is 2.74. The third kappa shape index (κ3) is 1.44. The fraction of sp³-hybridized carbons (Fsp3) is 0.600. The van der Waals surface area contributed by atoms with Crippen molar-refractivity contribution in [3.05, 3.63) is 0 Å². The van der Waals surface area contributed by atoms with Crippen LogP contribution in [0.25, 0.3) is 0 Å². The lowest BCUT2D eigenvalue weighted by Crippen LogP contribution is -2.59. The van der Waals surface area contributed by atoms with Crippen molar-refractivity contribution in [2.75, 3.05) is 7.05 Å². The number of rotatable bonds is 2. The number of primary amides is 1. The first-order valence-corrected chi connectivity index (χ1v) is 2.74. The van der Waals surface area contributed by atoms with Gasteiger partial charge >= 0.3 is 0 Å². The fourth-order valence-electron chi connectivity index (χ4n) is 0.372. The van der Waals surface area contributed by atoms with E-state index in [4.69, 9.17) is 11.5 Å². The lowest BCUT2D eigenvalue weighted by Gasteiger charge is -2.17. The molecule has 0 spiro atoms. The normalized spacial score (nSPS) is 15.5. The first kappa shape index (κ1) is 8.90. The minimum absolute atomic E-state index is 0.583. The molecular weight excluding hydrogens is 134 g/mol. The van der Waals surface area contributed by atoms with Crippen LogP contribution in [0.15, 0.2) is 0 Å². The summed E-state index contributed by atoms with van der Waals surface area (Å²) < 4.78 is 0. The highest BCUT2D eigenvalue weighted by Gasteiger charge is 2.33. The van der Waals surface area contributed by atoms with Gasteiger partial charge in [0.1, 0.15) is 0 Å². The van der Waals surface area contributed by atoms with Gasteiger partial charge in [-0.25, -0.2) is 0 Å². The summed E-state index contributed by atoms with van der Waals surface area (Å²) in [6, 6.07) is 0. The van der Waals surface area contributed by atoms with Crippen LogP contribution in [0.2, 0.25) is 0 Å². The van der Waals surface area contributed by atoms with Gasteiger partial charge in [-0.2, -0.15) is 0 Å². The van der Waals surface area contributed by atoms with Crippen molar-refractivity contribution in [2.45, 2.75) is 12.5 Å². The second-order valence-corrected chi connectivity index (χ2v) is 2.15. The zero-order valence-electron chi connectivity index (χ0n) is 5.97. The Morgan fingerprint density at radius 1 is 1.50 bits per heavy atom. The highest BCUT2D eigenvalue weighted by Crippen LogP contribution is 1.95. The van der Waals surface area contributed by atoms with Crippen molar-refractivity contribution < 1.29 is 9.59 Å². The maximum atomic E-state index is 10.7. The lowest BCUT2D eigenvalue weighted by atomic mass is 10.0. The van der Waals surface area contributed by atoms with Crippen LogP contribution < -0.4 is 16.8 Å². The Morgan fingerprint density at radius 2 is 1.90 bits per heavy atom. The summed E-state index contributed by atoms with van der Waals surface area (Å²) in [5.74, 6) is -1.42. The Morgan fingerprint density at radius 3 is 2.00 bits per heavy atom. The predicted octanol–water partition coefficient (Wildman–Crippen LogP) is -2.06. The van der Waals surface area contributed by atoms with Gasteiger partial charge in [-0.05, 0) is 6.92 Å². The van der Waals surface area contributed by atoms with Gasteiger partial charge in [-0.15, -0.1) is 0 Å². The Kier molecular flexibility index (Phi) is 2.36. The molecule has 0 fully saturated rings. The monoisotopic (exact) mass is 145 g/mol. The fourth-order valence-corrected chi connectivity index (χ4v) is 0.372. The van der Waals surface area contributed by atoms with Crippen molar-refractivity contribution in [1.29, 1.82) is 0 Å². The molecule has 0 aliphatic carbocycles. The van der Waals surface area contributed by atoms with Gasteiger partial charge in [-0.1, -0.05) is 0 Å². The summed E-state index contributed by atoms with van der Waals surface area (Å²) in [4.78, 5) is 21.2. The third-order valence-corrected chi connectivity index (χ3v) is 1.21. The molecule has 0 unspecified atom stereocenters. The summed E-state index contributed by atoms with van der Waals surface area (Å²) in [5, 5.41) is 2.22. The summed E-state index contributed by atoms with van der Waals surface area (Å²) in [5.41, 5.74) is 8.45. The van der Waals surface area contributed by atoms with Gasteiger partial charge < -0.3 is 16.8 Å². The summed E-state index contributed by atoms with van der Waals surface area (Å²) in [7, 11) is 1.39. The van der Waals surface area contributed by atoms with Crippen molar-refractivity contribution in [1.82, 2.24) is 5.32 Å². The topological polar surface area (TPSA) is 98.2 Å². The molecular formula is C5H11N3O2. The number of hydrogen-bond donors (Lipinski definition) is 3. The minimum Gasteiger partial charge on any atom is -0.368 e. The third-order valence-electron chi connectivity index (χ3n) is 1.21. The molecule has 5 N–H and O–H groups in total. The molecule has 5 nitrogen and oxygen atoms in total. The van der Waals surface area contributed by atoms with E-state index >= 15 is 0 Å². The van der Waals surface area contributed by atoms with Gasteiger partial charge in [0, 0.05) is 7.05 Å². The number of amides is 2. The van der Waals surface area contributed by atoms with Crippen LogP contribution in [0.1, 0.15) is 6.92 Å². The number of likely N-dealkylation sites (N-methyl/N-ethyl adjacent to an activating group) is 1. The molecule has 0 aromatic carbocycles. The number of nitrogens with one attached hydrogen (secondary N) is 1. The Labute approximate surface area is 58.8 Å². The molecule has 1 atom stereocenters. The van der Waals surface area contributed by atoms with E-state index in [1.807, 2.05) is 0 Å². The van der Waals surface area contributed by atoms with Gasteiger partial charge in [0.15, 0.2) is 5.54 Å². The second-order valence-electron chi connectivity index (χ2n) is 2.15. The van der Waals surface area contributed by atoms with Crippen LogP contribution in [-0.4, -0.2) is 24.4 Å². The molecule has 0 aromatic heterocycles. The standard InChI is InChI=1S/C5H11N3O2/c1-5(7,3(6)9)4(10)8-2/h7H2,1-2H3,(H2,6,9)(H,8,10)/t5-/m1/s1. The SMILES string of the molecule is CNC(=O)[C@](C)(N)C(N)=O. The predicted molar refractivity (Wildman–Crippen MR) is 35.9 cm³/mol.